The average molecular weight is 418 g/mol. The quantitative estimate of drug-likeness (QED) is 0.594. The van der Waals surface area contributed by atoms with Gasteiger partial charge in [-0.2, -0.15) is 0 Å². The van der Waals surface area contributed by atoms with Gasteiger partial charge in [0.05, 0.1) is 12.8 Å². The zero-order chi connectivity index (χ0) is 22.0. The Morgan fingerprint density at radius 2 is 1.90 bits per heavy atom. The summed E-state index contributed by atoms with van der Waals surface area (Å²) in [5, 5.41) is 0. The van der Waals surface area contributed by atoms with Gasteiger partial charge in [0, 0.05) is 30.8 Å². The Morgan fingerprint density at radius 3 is 2.65 bits per heavy atom. The van der Waals surface area contributed by atoms with Crippen LogP contribution in [0.1, 0.15) is 28.4 Å². The summed E-state index contributed by atoms with van der Waals surface area (Å²) < 4.78 is 11.4. The highest BCUT2D eigenvalue weighted by Crippen LogP contribution is 2.39. The third-order valence-corrected chi connectivity index (χ3v) is 5.23. The normalized spacial score (nSPS) is 15.7. The third kappa shape index (κ3) is 4.13. The maximum absolute atomic E-state index is 12.7. The van der Waals surface area contributed by atoms with E-state index in [4.69, 9.17) is 20.9 Å². The van der Waals surface area contributed by atoms with Crippen LogP contribution in [0, 0.1) is 0 Å². The van der Waals surface area contributed by atoms with Crippen LogP contribution in [0.2, 0.25) is 0 Å². The largest absolute Gasteiger partial charge is 0.493 e. The Hall–Kier alpha value is -4.07. The molecule has 31 heavy (non-hydrogen) atoms. The number of para-hydroxylation sites is 2. The van der Waals surface area contributed by atoms with Gasteiger partial charge in [-0.05, 0) is 42.0 Å². The number of hydrogen-bond donors (Lipinski definition) is 2. The standard InChI is InChI=1S/C23H22N4O4/c1-30-20-7-6-14(10-21(20)31-19-5-3-2-4-17(19)24)15-11-22(28)27(13-15)16-8-9-26-18(12-16)23(25)29/h2-10,12,15H,11,13,24H2,1H3,(H2,25,29)/t15-/m0/s1. The molecule has 3 aromatic rings. The second kappa shape index (κ2) is 8.35. The zero-order valence-corrected chi connectivity index (χ0v) is 16.9. The lowest BCUT2D eigenvalue weighted by molar-refractivity contribution is -0.117. The molecule has 2 aromatic carbocycles. The van der Waals surface area contributed by atoms with Crippen molar-refractivity contribution in [3.05, 3.63) is 72.1 Å². The first-order valence-corrected chi connectivity index (χ1v) is 9.72. The van der Waals surface area contributed by atoms with Gasteiger partial charge in [0.1, 0.15) is 5.69 Å². The van der Waals surface area contributed by atoms with Gasteiger partial charge in [-0.3, -0.25) is 14.6 Å². The molecule has 0 spiro atoms. The molecule has 1 saturated heterocycles. The number of amides is 2. The molecule has 1 aliphatic rings. The van der Waals surface area contributed by atoms with E-state index in [1.807, 2.05) is 30.3 Å². The summed E-state index contributed by atoms with van der Waals surface area (Å²) in [4.78, 5) is 29.7. The minimum absolute atomic E-state index is 0.0442. The highest BCUT2D eigenvalue weighted by atomic mass is 16.5. The van der Waals surface area contributed by atoms with Crippen molar-refractivity contribution in [2.75, 3.05) is 24.3 Å². The molecule has 8 heteroatoms. The lowest BCUT2D eigenvalue weighted by Crippen LogP contribution is -2.25. The monoisotopic (exact) mass is 418 g/mol. The molecule has 0 unspecified atom stereocenters. The van der Waals surface area contributed by atoms with Gasteiger partial charge in [0.2, 0.25) is 5.91 Å². The SMILES string of the molecule is COc1ccc([C@H]2CC(=O)N(c3ccnc(C(N)=O)c3)C2)cc1Oc1ccccc1N. The number of methoxy groups -OCH3 is 1. The molecule has 0 bridgehead atoms. The Balaban J connectivity index is 1.60. The minimum atomic E-state index is -0.637. The number of nitrogens with zero attached hydrogens (tertiary/aromatic N) is 2. The fourth-order valence-electron chi connectivity index (χ4n) is 3.62. The number of pyridine rings is 1. The number of benzene rings is 2. The molecular weight excluding hydrogens is 396 g/mol. The smallest absolute Gasteiger partial charge is 0.267 e. The fourth-order valence-corrected chi connectivity index (χ4v) is 3.62. The van der Waals surface area contributed by atoms with Crippen molar-refractivity contribution in [1.29, 1.82) is 0 Å². The van der Waals surface area contributed by atoms with Crippen LogP contribution in [-0.4, -0.2) is 30.5 Å². The number of nitrogens with two attached hydrogens (primary N) is 2. The minimum Gasteiger partial charge on any atom is -0.493 e. The van der Waals surface area contributed by atoms with E-state index in [0.29, 0.717) is 41.6 Å². The van der Waals surface area contributed by atoms with Gasteiger partial charge >= 0.3 is 0 Å². The van der Waals surface area contributed by atoms with Gasteiger partial charge in [-0.1, -0.05) is 18.2 Å². The molecular formula is C23H22N4O4. The van der Waals surface area contributed by atoms with Crippen LogP contribution >= 0.6 is 0 Å². The van der Waals surface area contributed by atoms with E-state index in [1.165, 1.54) is 12.3 Å². The number of ether oxygens (including phenoxy) is 2. The van der Waals surface area contributed by atoms with E-state index in [1.54, 1.807) is 30.2 Å². The van der Waals surface area contributed by atoms with Crippen molar-refractivity contribution in [2.24, 2.45) is 5.73 Å². The topological polar surface area (TPSA) is 121 Å². The van der Waals surface area contributed by atoms with E-state index in [-0.39, 0.29) is 17.5 Å². The van der Waals surface area contributed by atoms with E-state index >= 15 is 0 Å². The summed E-state index contributed by atoms with van der Waals surface area (Å²) >= 11 is 0. The molecule has 1 atom stereocenters. The highest BCUT2D eigenvalue weighted by Gasteiger charge is 2.32. The molecule has 1 aliphatic heterocycles. The zero-order valence-electron chi connectivity index (χ0n) is 16.9. The van der Waals surface area contributed by atoms with Crippen LogP contribution in [0.3, 0.4) is 0 Å². The van der Waals surface area contributed by atoms with Crippen molar-refractivity contribution in [2.45, 2.75) is 12.3 Å². The predicted molar refractivity (Wildman–Crippen MR) is 116 cm³/mol. The molecule has 1 aromatic heterocycles. The number of carbonyl (C=O) groups is 2. The van der Waals surface area contributed by atoms with Crippen molar-refractivity contribution >= 4 is 23.2 Å². The number of anilines is 2. The molecule has 0 saturated carbocycles. The van der Waals surface area contributed by atoms with E-state index in [9.17, 15) is 9.59 Å². The van der Waals surface area contributed by atoms with Gasteiger partial charge in [-0.15, -0.1) is 0 Å². The third-order valence-electron chi connectivity index (χ3n) is 5.23. The fraction of sp³-hybridized carbons (Fsp3) is 0.174. The Morgan fingerprint density at radius 1 is 1.10 bits per heavy atom. The molecule has 8 nitrogen and oxygen atoms in total. The van der Waals surface area contributed by atoms with E-state index in [0.717, 1.165) is 5.56 Å². The van der Waals surface area contributed by atoms with E-state index < -0.39 is 5.91 Å². The molecule has 1 fully saturated rings. The number of nitrogen functional groups attached to an aromatic ring is 1. The molecule has 2 amide bonds. The summed E-state index contributed by atoms with van der Waals surface area (Å²) in [5.74, 6) is 0.869. The lowest BCUT2D eigenvalue weighted by Gasteiger charge is -2.18. The highest BCUT2D eigenvalue weighted by molar-refractivity contribution is 5.98. The summed E-state index contributed by atoms with van der Waals surface area (Å²) in [7, 11) is 1.57. The van der Waals surface area contributed by atoms with Crippen LogP contribution in [0.5, 0.6) is 17.2 Å². The second-order valence-electron chi connectivity index (χ2n) is 7.22. The maximum Gasteiger partial charge on any atom is 0.267 e. The van der Waals surface area contributed by atoms with Crippen molar-refractivity contribution in [3.8, 4) is 17.2 Å². The van der Waals surface area contributed by atoms with Gasteiger partial charge < -0.3 is 25.8 Å². The van der Waals surface area contributed by atoms with Gasteiger partial charge in [-0.25, -0.2) is 0 Å². The number of rotatable bonds is 6. The summed E-state index contributed by atoms with van der Waals surface area (Å²) in [6, 6.07) is 16.0. The average Bonchev–Trinajstić information content (AvgIpc) is 3.17. The first-order valence-electron chi connectivity index (χ1n) is 9.72. The van der Waals surface area contributed by atoms with Crippen LogP contribution in [-0.2, 0) is 4.79 Å². The van der Waals surface area contributed by atoms with Crippen molar-refractivity contribution < 1.29 is 19.1 Å². The maximum atomic E-state index is 12.7. The Bertz CT molecular complexity index is 1150. The number of carbonyl (C=O) groups excluding carboxylic acids is 2. The molecule has 0 aliphatic carbocycles. The van der Waals surface area contributed by atoms with Crippen molar-refractivity contribution in [3.63, 3.8) is 0 Å². The molecule has 2 heterocycles. The molecule has 4 N–H and O–H groups in total. The molecule has 158 valence electrons. The van der Waals surface area contributed by atoms with Crippen molar-refractivity contribution in [1.82, 2.24) is 4.98 Å². The van der Waals surface area contributed by atoms with Gasteiger partial charge in [0.25, 0.3) is 5.91 Å². The Kier molecular flexibility index (Phi) is 5.44. The number of aromatic nitrogens is 1. The summed E-state index contributed by atoms with van der Waals surface area (Å²) in [5.41, 5.74) is 13.5. The lowest BCUT2D eigenvalue weighted by atomic mass is 9.98. The number of primary amides is 1. The predicted octanol–water partition coefficient (Wildman–Crippen LogP) is 3.08. The van der Waals surface area contributed by atoms with Crippen LogP contribution in [0.4, 0.5) is 11.4 Å². The van der Waals surface area contributed by atoms with Crippen LogP contribution in [0.25, 0.3) is 0 Å². The van der Waals surface area contributed by atoms with E-state index in [2.05, 4.69) is 4.98 Å². The van der Waals surface area contributed by atoms with Crippen LogP contribution < -0.4 is 25.8 Å². The van der Waals surface area contributed by atoms with Crippen LogP contribution in [0.15, 0.2) is 60.8 Å². The molecule has 4 rings (SSSR count). The Labute approximate surface area is 179 Å². The first-order chi connectivity index (χ1) is 15.0. The molecule has 0 radical (unpaired) electrons. The second-order valence-corrected chi connectivity index (χ2v) is 7.22. The van der Waals surface area contributed by atoms with Gasteiger partial charge in [0.15, 0.2) is 17.2 Å². The number of hydrogen-bond acceptors (Lipinski definition) is 6. The summed E-state index contributed by atoms with van der Waals surface area (Å²) in [6.45, 7) is 0.459. The first kappa shape index (κ1) is 20.2. The summed E-state index contributed by atoms with van der Waals surface area (Å²) in [6.07, 6.45) is 1.80.